The zero-order chi connectivity index (χ0) is 22.2. The number of rotatable bonds is 4. The third-order valence-electron chi connectivity index (χ3n) is 6.34. The van der Waals surface area contributed by atoms with E-state index in [1.165, 1.54) is 6.07 Å². The molecule has 2 aromatic heterocycles. The lowest BCUT2D eigenvalue weighted by molar-refractivity contribution is 0.249. The van der Waals surface area contributed by atoms with Crippen LogP contribution in [0.15, 0.2) is 53.7 Å². The van der Waals surface area contributed by atoms with Crippen molar-refractivity contribution in [1.82, 2.24) is 14.9 Å². The van der Waals surface area contributed by atoms with E-state index in [0.717, 1.165) is 53.9 Å². The Bertz CT molecular complexity index is 1230. The Morgan fingerprint density at radius 2 is 1.88 bits per heavy atom. The molecule has 164 valence electrons. The van der Waals surface area contributed by atoms with Crippen LogP contribution in [0.4, 0.5) is 10.1 Å². The maximum atomic E-state index is 14.5. The standard InChI is InChI=1S/C25H25ClFN5/c1-31(2)17-8-11-32(12-9-17)18-14-24-23(29-15-18)6-5-22(30-24)19-7-10-28-25(19)20-13-16(26)3-4-21(20)27/h3-7,13-15,17H,8-12H2,1-2H3. The topological polar surface area (TPSA) is 44.6 Å². The van der Waals surface area contributed by atoms with Gasteiger partial charge in [-0.15, -0.1) is 0 Å². The summed E-state index contributed by atoms with van der Waals surface area (Å²) in [4.78, 5) is 18.7. The van der Waals surface area contributed by atoms with E-state index >= 15 is 0 Å². The average Bonchev–Trinajstić information content (AvgIpc) is 3.29. The molecule has 0 N–H and O–H groups in total. The first-order valence-electron chi connectivity index (χ1n) is 10.9. The molecule has 32 heavy (non-hydrogen) atoms. The highest BCUT2D eigenvalue weighted by Crippen LogP contribution is 2.29. The van der Waals surface area contributed by atoms with Gasteiger partial charge < -0.3 is 9.80 Å². The van der Waals surface area contributed by atoms with Gasteiger partial charge in [0.15, 0.2) is 0 Å². The van der Waals surface area contributed by atoms with Crippen LogP contribution in [-0.4, -0.2) is 60.4 Å². The molecule has 5 nitrogen and oxygen atoms in total. The number of piperidine rings is 1. The van der Waals surface area contributed by atoms with E-state index < -0.39 is 0 Å². The van der Waals surface area contributed by atoms with Crippen molar-refractivity contribution in [2.45, 2.75) is 18.9 Å². The number of benzene rings is 1. The molecule has 0 atom stereocenters. The highest BCUT2D eigenvalue weighted by molar-refractivity contribution is 6.35. The SMILES string of the molecule is CN(C)C1CCN(c2cnc3ccc(C4=CCN=C4c4cc(Cl)ccc4F)nc3c2)CC1. The summed E-state index contributed by atoms with van der Waals surface area (Å²) in [5.74, 6) is -0.341. The molecule has 2 aliphatic rings. The van der Waals surface area contributed by atoms with Gasteiger partial charge in [-0.2, -0.15) is 0 Å². The van der Waals surface area contributed by atoms with Crippen LogP contribution in [0.1, 0.15) is 24.1 Å². The highest BCUT2D eigenvalue weighted by atomic mass is 35.5. The molecule has 0 radical (unpaired) electrons. The summed E-state index contributed by atoms with van der Waals surface area (Å²) >= 11 is 6.11. The Hall–Kier alpha value is -2.83. The van der Waals surface area contributed by atoms with E-state index in [0.29, 0.717) is 28.9 Å². The number of aliphatic imine (C=N–C) groups is 1. The van der Waals surface area contributed by atoms with Gasteiger partial charge in [-0.1, -0.05) is 17.7 Å². The first kappa shape index (κ1) is 21.0. The van der Waals surface area contributed by atoms with E-state index in [1.807, 2.05) is 24.4 Å². The lowest BCUT2D eigenvalue weighted by atomic mass is 9.99. The summed E-state index contributed by atoms with van der Waals surface area (Å²) in [6.45, 7) is 2.51. The number of allylic oxidation sites excluding steroid dienone is 1. The second-order valence-corrected chi connectivity index (χ2v) is 8.98. The number of nitrogens with zero attached hydrogens (tertiary/aromatic N) is 5. The van der Waals surface area contributed by atoms with E-state index in [4.69, 9.17) is 16.6 Å². The largest absolute Gasteiger partial charge is 0.370 e. The number of halogens is 2. The van der Waals surface area contributed by atoms with Crippen molar-refractivity contribution < 1.29 is 4.39 Å². The highest BCUT2D eigenvalue weighted by Gasteiger charge is 2.23. The molecular weight excluding hydrogens is 425 g/mol. The molecule has 0 amide bonds. The Morgan fingerprint density at radius 3 is 2.66 bits per heavy atom. The zero-order valence-electron chi connectivity index (χ0n) is 18.2. The summed E-state index contributed by atoms with van der Waals surface area (Å²) in [7, 11) is 4.29. The third-order valence-corrected chi connectivity index (χ3v) is 6.58. The molecule has 7 heteroatoms. The summed E-state index contributed by atoms with van der Waals surface area (Å²) < 4.78 is 14.5. The lowest BCUT2D eigenvalue weighted by Gasteiger charge is -2.36. The smallest absolute Gasteiger partial charge is 0.132 e. The molecule has 1 aromatic carbocycles. The van der Waals surface area contributed by atoms with E-state index in [2.05, 4.69) is 39.9 Å². The Kier molecular flexibility index (Phi) is 5.66. The van der Waals surface area contributed by atoms with Gasteiger partial charge in [0.05, 0.1) is 40.9 Å². The Balaban J connectivity index is 1.44. The minimum absolute atomic E-state index is 0.341. The van der Waals surface area contributed by atoms with Gasteiger partial charge in [0, 0.05) is 35.3 Å². The average molecular weight is 450 g/mol. The molecule has 3 aromatic rings. The zero-order valence-corrected chi connectivity index (χ0v) is 19.0. The van der Waals surface area contributed by atoms with Gasteiger partial charge in [-0.05, 0) is 63.3 Å². The summed E-state index contributed by atoms with van der Waals surface area (Å²) in [6, 6.07) is 11.2. The minimum atomic E-state index is -0.341. The Morgan fingerprint density at radius 1 is 1.06 bits per heavy atom. The first-order valence-corrected chi connectivity index (χ1v) is 11.3. The molecule has 1 fully saturated rings. The molecule has 0 unspecified atom stereocenters. The molecule has 0 spiro atoms. The maximum absolute atomic E-state index is 14.5. The van der Waals surface area contributed by atoms with Crippen molar-refractivity contribution in [3.63, 3.8) is 0 Å². The molecule has 2 aliphatic heterocycles. The van der Waals surface area contributed by atoms with E-state index in [9.17, 15) is 4.39 Å². The van der Waals surface area contributed by atoms with Gasteiger partial charge in [0.25, 0.3) is 0 Å². The number of pyridine rings is 2. The number of hydrogen-bond donors (Lipinski definition) is 0. The minimum Gasteiger partial charge on any atom is -0.370 e. The second-order valence-electron chi connectivity index (χ2n) is 8.54. The second kappa shape index (κ2) is 8.60. The number of aromatic nitrogens is 2. The molecule has 0 bridgehead atoms. The van der Waals surface area contributed by atoms with E-state index in [1.54, 1.807) is 12.1 Å². The fraction of sp³-hybridized carbons (Fsp3) is 0.320. The van der Waals surface area contributed by atoms with Gasteiger partial charge >= 0.3 is 0 Å². The van der Waals surface area contributed by atoms with Gasteiger partial charge in [-0.25, -0.2) is 9.37 Å². The number of anilines is 1. The fourth-order valence-corrected chi connectivity index (χ4v) is 4.68. The third kappa shape index (κ3) is 4.00. The van der Waals surface area contributed by atoms with Crippen LogP contribution in [0.25, 0.3) is 16.6 Å². The monoisotopic (exact) mass is 449 g/mol. The normalized spacial score (nSPS) is 17.2. The van der Waals surface area contributed by atoms with Crippen molar-refractivity contribution >= 4 is 39.6 Å². The summed E-state index contributed by atoms with van der Waals surface area (Å²) in [5.41, 5.74) is 5.34. The molecule has 1 saturated heterocycles. The van der Waals surface area contributed by atoms with Crippen LogP contribution >= 0.6 is 11.6 Å². The number of fused-ring (bicyclic) bond motifs is 1. The van der Waals surface area contributed by atoms with Crippen LogP contribution in [0.3, 0.4) is 0 Å². The summed E-state index contributed by atoms with van der Waals surface area (Å²) in [6.07, 6.45) is 6.18. The Labute approximate surface area is 192 Å². The van der Waals surface area contributed by atoms with Crippen LogP contribution in [0, 0.1) is 5.82 Å². The lowest BCUT2D eigenvalue weighted by Crippen LogP contribution is -2.42. The molecular formula is C25H25ClFN5. The van der Waals surface area contributed by atoms with Crippen molar-refractivity contribution in [3.05, 3.63) is 70.8 Å². The van der Waals surface area contributed by atoms with Crippen LogP contribution in [0.2, 0.25) is 5.02 Å². The van der Waals surface area contributed by atoms with Crippen LogP contribution in [-0.2, 0) is 0 Å². The predicted octanol–water partition coefficient (Wildman–Crippen LogP) is 4.84. The summed E-state index contributed by atoms with van der Waals surface area (Å²) in [5, 5.41) is 0.480. The van der Waals surface area contributed by atoms with Gasteiger partial charge in [-0.3, -0.25) is 9.98 Å². The number of hydrogen-bond acceptors (Lipinski definition) is 5. The van der Waals surface area contributed by atoms with E-state index in [-0.39, 0.29) is 5.82 Å². The molecule has 4 heterocycles. The van der Waals surface area contributed by atoms with Gasteiger partial charge in [0.2, 0.25) is 0 Å². The molecule has 0 aliphatic carbocycles. The fourth-order valence-electron chi connectivity index (χ4n) is 4.50. The van der Waals surface area contributed by atoms with Crippen LogP contribution < -0.4 is 4.90 Å². The van der Waals surface area contributed by atoms with Gasteiger partial charge in [0.1, 0.15) is 5.82 Å². The van der Waals surface area contributed by atoms with Crippen molar-refractivity contribution in [3.8, 4) is 0 Å². The first-order chi connectivity index (χ1) is 15.5. The van der Waals surface area contributed by atoms with Crippen LogP contribution in [0.5, 0.6) is 0 Å². The quantitative estimate of drug-likeness (QED) is 0.571. The predicted molar refractivity (Wildman–Crippen MR) is 129 cm³/mol. The molecule has 0 saturated carbocycles. The maximum Gasteiger partial charge on any atom is 0.132 e. The van der Waals surface area contributed by atoms with Crippen molar-refractivity contribution in [2.75, 3.05) is 38.6 Å². The van der Waals surface area contributed by atoms with Crippen molar-refractivity contribution in [2.24, 2.45) is 4.99 Å². The molecule has 5 rings (SSSR count). The van der Waals surface area contributed by atoms with Crippen molar-refractivity contribution in [1.29, 1.82) is 0 Å².